The number of anilines is 1. The minimum Gasteiger partial charge on any atom is -0.497 e. The molecule has 134 valence electrons. The van der Waals surface area contributed by atoms with Crippen molar-refractivity contribution >= 4 is 22.9 Å². The van der Waals surface area contributed by atoms with Crippen molar-refractivity contribution in [3.63, 3.8) is 0 Å². The highest BCUT2D eigenvalue weighted by Crippen LogP contribution is 2.20. The highest BCUT2D eigenvalue weighted by molar-refractivity contribution is 7.07. The molecule has 1 aromatic carbocycles. The highest BCUT2D eigenvalue weighted by atomic mass is 32.1. The smallest absolute Gasteiger partial charge is 0.230 e. The van der Waals surface area contributed by atoms with E-state index in [1.165, 1.54) is 32.1 Å². The van der Waals surface area contributed by atoms with Crippen molar-refractivity contribution in [2.24, 2.45) is 12.0 Å². The van der Waals surface area contributed by atoms with Crippen LogP contribution in [0.4, 0.5) is 5.69 Å². The molecule has 3 rings (SSSR count). The molecule has 0 radical (unpaired) electrons. The maximum Gasteiger partial charge on any atom is 0.230 e. The van der Waals surface area contributed by atoms with Gasteiger partial charge in [0.05, 0.1) is 19.6 Å². The van der Waals surface area contributed by atoms with E-state index in [2.05, 4.69) is 5.32 Å². The van der Waals surface area contributed by atoms with E-state index in [9.17, 15) is 4.79 Å². The van der Waals surface area contributed by atoms with Crippen molar-refractivity contribution < 1.29 is 9.53 Å². The molecule has 0 spiro atoms. The van der Waals surface area contributed by atoms with Crippen LogP contribution in [0.25, 0.3) is 0 Å². The van der Waals surface area contributed by atoms with E-state index in [1.807, 2.05) is 41.3 Å². The van der Waals surface area contributed by atoms with Crippen LogP contribution in [0.5, 0.6) is 5.75 Å². The normalized spacial score (nSPS) is 16.0. The van der Waals surface area contributed by atoms with Gasteiger partial charge in [-0.15, -0.1) is 11.3 Å². The van der Waals surface area contributed by atoms with Crippen molar-refractivity contribution in [2.45, 2.75) is 44.6 Å². The summed E-state index contributed by atoms with van der Waals surface area (Å²) < 4.78 is 7.23. The molecular formula is C19H25N3O2S. The number of hydrogen-bond acceptors (Lipinski definition) is 4. The Labute approximate surface area is 152 Å². The zero-order valence-electron chi connectivity index (χ0n) is 14.8. The first kappa shape index (κ1) is 17.7. The zero-order valence-corrected chi connectivity index (χ0v) is 15.6. The summed E-state index contributed by atoms with van der Waals surface area (Å²) in [6.07, 6.45) is 6.59. The Morgan fingerprint density at radius 1 is 1.36 bits per heavy atom. The van der Waals surface area contributed by atoms with Crippen LogP contribution < -0.4 is 14.9 Å². The third-order valence-corrected chi connectivity index (χ3v) is 5.56. The number of nitrogens with zero attached hydrogens (tertiary/aromatic N) is 2. The minimum atomic E-state index is -0.0362. The molecule has 1 aromatic heterocycles. The Balaban J connectivity index is 1.66. The van der Waals surface area contributed by atoms with Gasteiger partial charge in [0.15, 0.2) is 4.80 Å². The van der Waals surface area contributed by atoms with Crippen LogP contribution in [0.1, 0.15) is 37.8 Å². The lowest BCUT2D eigenvalue weighted by Crippen LogP contribution is -2.22. The van der Waals surface area contributed by atoms with Gasteiger partial charge in [-0.2, -0.15) is 0 Å². The summed E-state index contributed by atoms with van der Waals surface area (Å²) in [6, 6.07) is 7.83. The van der Waals surface area contributed by atoms with Gasteiger partial charge in [-0.1, -0.05) is 25.3 Å². The second-order valence-corrected chi connectivity index (χ2v) is 7.28. The van der Waals surface area contributed by atoms with E-state index in [1.54, 1.807) is 18.4 Å². The first-order valence-electron chi connectivity index (χ1n) is 8.77. The summed E-state index contributed by atoms with van der Waals surface area (Å²) >= 11 is 1.62. The van der Waals surface area contributed by atoms with E-state index in [0.717, 1.165) is 21.9 Å². The van der Waals surface area contributed by atoms with Gasteiger partial charge in [0.2, 0.25) is 5.91 Å². The predicted octanol–water partition coefficient (Wildman–Crippen LogP) is 3.51. The van der Waals surface area contributed by atoms with E-state index in [0.29, 0.717) is 12.5 Å². The number of methoxy groups -OCH3 is 1. The maximum absolute atomic E-state index is 12.3. The summed E-state index contributed by atoms with van der Waals surface area (Å²) in [6.45, 7) is 0. The second kappa shape index (κ2) is 8.34. The molecule has 1 fully saturated rings. The number of thiazole rings is 1. The molecular weight excluding hydrogens is 334 g/mol. The molecule has 0 atom stereocenters. The number of amides is 1. The topological polar surface area (TPSA) is 55.6 Å². The minimum absolute atomic E-state index is 0.0362. The average molecular weight is 359 g/mol. The van der Waals surface area contributed by atoms with Crippen molar-refractivity contribution in [1.29, 1.82) is 0 Å². The van der Waals surface area contributed by atoms with Crippen molar-refractivity contribution in [2.75, 3.05) is 12.4 Å². The fourth-order valence-electron chi connectivity index (χ4n) is 3.12. The highest BCUT2D eigenvalue weighted by Gasteiger charge is 2.13. The monoisotopic (exact) mass is 359 g/mol. The SMILES string of the molecule is COc1cccc(NC(=O)Cc2csc(=NC3CCCCC3)n2C)c1. The molecule has 6 heteroatoms. The van der Waals surface area contributed by atoms with Gasteiger partial charge in [0, 0.05) is 29.9 Å². The molecule has 0 saturated heterocycles. The molecule has 1 amide bonds. The molecule has 0 aliphatic heterocycles. The first-order valence-corrected chi connectivity index (χ1v) is 9.65. The van der Waals surface area contributed by atoms with Gasteiger partial charge in [0.1, 0.15) is 5.75 Å². The van der Waals surface area contributed by atoms with Crippen LogP contribution in [-0.4, -0.2) is 23.6 Å². The molecule has 2 aromatic rings. The standard InChI is InChI=1S/C19H25N3O2S/c1-22-16(13-25-19(22)21-14-7-4-3-5-8-14)12-18(23)20-15-9-6-10-17(11-15)24-2/h6,9-11,13-14H,3-5,7-8,12H2,1-2H3,(H,20,23). The molecule has 1 aliphatic carbocycles. The number of nitrogens with one attached hydrogen (secondary N) is 1. The summed E-state index contributed by atoms with van der Waals surface area (Å²) in [7, 11) is 3.61. The van der Waals surface area contributed by atoms with Crippen LogP contribution in [0.2, 0.25) is 0 Å². The summed E-state index contributed by atoms with van der Waals surface area (Å²) in [5, 5.41) is 4.96. The molecule has 5 nitrogen and oxygen atoms in total. The summed E-state index contributed by atoms with van der Waals surface area (Å²) in [4.78, 5) is 18.2. The largest absolute Gasteiger partial charge is 0.497 e. The Morgan fingerprint density at radius 3 is 2.92 bits per heavy atom. The lowest BCUT2D eigenvalue weighted by molar-refractivity contribution is -0.115. The Kier molecular flexibility index (Phi) is 5.91. The van der Waals surface area contributed by atoms with Gasteiger partial charge < -0.3 is 14.6 Å². The van der Waals surface area contributed by atoms with Crippen molar-refractivity contribution in [3.05, 3.63) is 40.1 Å². The van der Waals surface area contributed by atoms with Crippen molar-refractivity contribution in [1.82, 2.24) is 4.57 Å². The fraction of sp³-hybridized carbons (Fsp3) is 0.474. The Bertz CT molecular complexity index is 788. The number of carbonyl (C=O) groups excluding carboxylic acids is 1. The van der Waals surface area contributed by atoms with Gasteiger partial charge in [-0.3, -0.25) is 9.79 Å². The van der Waals surface area contributed by atoms with Crippen LogP contribution in [-0.2, 0) is 18.3 Å². The van der Waals surface area contributed by atoms with Crippen LogP contribution in [0, 0.1) is 0 Å². The average Bonchev–Trinajstić information content (AvgIpc) is 2.96. The molecule has 0 bridgehead atoms. The van der Waals surface area contributed by atoms with Gasteiger partial charge in [0.25, 0.3) is 0 Å². The third kappa shape index (κ3) is 4.72. The quantitative estimate of drug-likeness (QED) is 0.888. The summed E-state index contributed by atoms with van der Waals surface area (Å²) in [5.74, 6) is 0.693. The zero-order chi connectivity index (χ0) is 17.6. The molecule has 1 aliphatic rings. The molecule has 1 saturated carbocycles. The number of aromatic nitrogens is 1. The van der Waals surface area contributed by atoms with E-state index in [-0.39, 0.29) is 5.91 Å². The number of hydrogen-bond donors (Lipinski definition) is 1. The summed E-state index contributed by atoms with van der Waals surface area (Å²) in [5.41, 5.74) is 1.73. The van der Waals surface area contributed by atoms with Crippen LogP contribution >= 0.6 is 11.3 Å². The van der Waals surface area contributed by atoms with Crippen LogP contribution in [0.15, 0.2) is 34.6 Å². The van der Waals surface area contributed by atoms with E-state index >= 15 is 0 Å². The second-order valence-electron chi connectivity index (χ2n) is 6.45. The Morgan fingerprint density at radius 2 is 2.16 bits per heavy atom. The van der Waals surface area contributed by atoms with E-state index < -0.39 is 0 Å². The van der Waals surface area contributed by atoms with Gasteiger partial charge in [-0.25, -0.2) is 0 Å². The number of ether oxygens (including phenoxy) is 1. The lowest BCUT2D eigenvalue weighted by Gasteiger charge is -2.16. The maximum atomic E-state index is 12.3. The van der Waals surface area contributed by atoms with Gasteiger partial charge >= 0.3 is 0 Å². The Hall–Kier alpha value is -2.08. The fourth-order valence-corrected chi connectivity index (χ4v) is 4.08. The molecule has 0 unspecified atom stereocenters. The lowest BCUT2D eigenvalue weighted by atomic mass is 9.96. The predicted molar refractivity (Wildman–Crippen MR) is 101 cm³/mol. The van der Waals surface area contributed by atoms with Crippen LogP contribution in [0.3, 0.4) is 0 Å². The molecule has 25 heavy (non-hydrogen) atoms. The molecule has 1 heterocycles. The first-order chi connectivity index (χ1) is 12.2. The number of benzene rings is 1. The third-order valence-electron chi connectivity index (χ3n) is 4.58. The van der Waals surface area contributed by atoms with E-state index in [4.69, 9.17) is 9.73 Å². The molecule has 1 N–H and O–H groups in total. The number of carbonyl (C=O) groups is 1. The number of rotatable bonds is 5. The van der Waals surface area contributed by atoms with Gasteiger partial charge in [-0.05, 0) is 25.0 Å². The van der Waals surface area contributed by atoms with Crippen molar-refractivity contribution in [3.8, 4) is 5.75 Å².